The molecular weight excluding hydrogens is 444 g/mol. The van der Waals surface area contributed by atoms with Gasteiger partial charge in [0.25, 0.3) is 0 Å². The molecular formula is C24H29ClN4O2S. The van der Waals surface area contributed by atoms with E-state index in [2.05, 4.69) is 41.5 Å². The van der Waals surface area contributed by atoms with Crippen molar-refractivity contribution in [1.82, 2.24) is 14.8 Å². The number of aromatic nitrogens is 3. The van der Waals surface area contributed by atoms with Crippen LogP contribution in [0.5, 0.6) is 5.75 Å². The molecule has 0 aliphatic carbocycles. The number of anilines is 1. The highest BCUT2D eigenvalue weighted by molar-refractivity contribution is 7.99. The number of thioether (sulfide) groups is 1. The van der Waals surface area contributed by atoms with Gasteiger partial charge in [0, 0.05) is 12.2 Å². The number of ether oxygens (including phenoxy) is 1. The largest absolute Gasteiger partial charge is 0.481 e. The van der Waals surface area contributed by atoms with E-state index in [-0.39, 0.29) is 17.8 Å². The maximum atomic E-state index is 12.7. The van der Waals surface area contributed by atoms with Crippen molar-refractivity contribution in [1.29, 1.82) is 0 Å². The SMILES string of the molecule is CCc1cccc(CC)c1NC(=O)CSc1nnc(C(C)Oc2ccccc2Cl)n1CC. The first-order valence-electron chi connectivity index (χ1n) is 10.9. The number of hydrogen-bond donors (Lipinski definition) is 1. The lowest BCUT2D eigenvalue weighted by atomic mass is 10.0. The minimum atomic E-state index is -0.339. The van der Waals surface area contributed by atoms with Gasteiger partial charge in [-0.3, -0.25) is 4.79 Å². The average molecular weight is 473 g/mol. The summed E-state index contributed by atoms with van der Waals surface area (Å²) < 4.78 is 7.97. The third-order valence-corrected chi connectivity index (χ3v) is 6.44. The Morgan fingerprint density at radius 3 is 2.41 bits per heavy atom. The molecule has 1 unspecified atom stereocenters. The molecule has 3 rings (SSSR count). The number of amides is 1. The summed E-state index contributed by atoms with van der Waals surface area (Å²) in [6.07, 6.45) is 1.40. The Kier molecular flexibility index (Phi) is 8.59. The van der Waals surface area contributed by atoms with E-state index in [1.807, 2.05) is 42.7 Å². The van der Waals surface area contributed by atoms with Crippen LogP contribution in [0, 0.1) is 0 Å². The number of halogens is 1. The van der Waals surface area contributed by atoms with Crippen LogP contribution < -0.4 is 10.1 Å². The van der Waals surface area contributed by atoms with Gasteiger partial charge in [0.05, 0.1) is 10.8 Å². The third kappa shape index (κ3) is 5.64. The van der Waals surface area contributed by atoms with Crippen LogP contribution in [-0.2, 0) is 24.2 Å². The Morgan fingerprint density at radius 1 is 1.09 bits per heavy atom. The minimum Gasteiger partial charge on any atom is -0.481 e. The van der Waals surface area contributed by atoms with Crippen LogP contribution in [0.25, 0.3) is 0 Å². The highest BCUT2D eigenvalue weighted by atomic mass is 35.5. The van der Waals surface area contributed by atoms with Crippen molar-refractivity contribution in [2.45, 2.75) is 58.3 Å². The number of aryl methyl sites for hydroxylation is 2. The first-order valence-corrected chi connectivity index (χ1v) is 12.2. The Bertz CT molecular complexity index is 1050. The Morgan fingerprint density at radius 2 is 1.78 bits per heavy atom. The normalized spacial score (nSPS) is 11.9. The van der Waals surface area contributed by atoms with Crippen molar-refractivity contribution in [3.8, 4) is 5.75 Å². The van der Waals surface area contributed by atoms with E-state index >= 15 is 0 Å². The van der Waals surface area contributed by atoms with Crippen LogP contribution >= 0.6 is 23.4 Å². The summed E-state index contributed by atoms with van der Waals surface area (Å²) in [5.74, 6) is 1.49. The van der Waals surface area contributed by atoms with E-state index in [1.54, 1.807) is 6.07 Å². The van der Waals surface area contributed by atoms with Gasteiger partial charge in [0.2, 0.25) is 5.91 Å². The van der Waals surface area contributed by atoms with Gasteiger partial charge in [-0.15, -0.1) is 10.2 Å². The second-order valence-corrected chi connectivity index (χ2v) is 8.62. The van der Waals surface area contributed by atoms with Gasteiger partial charge >= 0.3 is 0 Å². The molecule has 0 saturated heterocycles. The summed E-state index contributed by atoms with van der Waals surface area (Å²) in [4.78, 5) is 12.7. The second kappa shape index (κ2) is 11.4. The first kappa shape index (κ1) is 24.1. The lowest BCUT2D eigenvalue weighted by Gasteiger charge is -2.16. The predicted octanol–water partition coefficient (Wildman–Crippen LogP) is 5.95. The number of nitrogens with one attached hydrogen (secondary N) is 1. The molecule has 3 aromatic rings. The van der Waals surface area contributed by atoms with E-state index in [4.69, 9.17) is 16.3 Å². The van der Waals surface area contributed by atoms with Gasteiger partial charge in [-0.05, 0) is 49.9 Å². The molecule has 2 aromatic carbocycles. The monoisotopic (exact) mass is 472 g/mol. The minimum absolute atomic E-state index is 0.0573. The Labute approximate surface area is 198 Å². The van der Waals surface area contributed by atoms with Crippen LogP contribution in [0.2, 0.25) is 5.02 Å². The highest BCUT2D eigenvalue weighted by Gasteiger charge is 2.20. The summed E-state index contributed by atoms with van der Waals surface area (Å²) in [6.45, 7) is 8.78. The fourth-order valence-electron chi connectivity index (χ4n) is 3.50. The Balaban J connectivity index is 1.68. The zero-order chi connectivity index (χ0) is 23.1. The van der Waals surface area contributed by atoms with Gasteiger partial charge in [-0.25, -0.2) is 0 Å². The summed E-state index contributed by atoms with van der Waals surface area (Å²) >= 11 is 7.58. The van der Waals surface area contributed by atoms with Crippen LogP contribution in [0.3, 0.4) is 0 Å². The number of benzene rings is 2. The average Bonchev–Trinajstić information content (AvgIpc) is 3.22. The van der Waals surface area contributed by atoms with Gasteiger partial charge in [-0.1, -0.05) is 67.5 Å². The summed E-state index contributed by atoms with van der Waals surface area (Å²) in [6, 6.07) is 13.5. The molecule has 1 heterocycles. The van der Waals surface area contributed by atoms with E-state index in [9.17, 15) is 4.79 Å². The van der Waals surface area contributed by atoms with E-state index in [1.165, 1.54) is 11.8 Å². The van der Waals surface area contributed by atoms with Crippen LogP contribution in [0.4, 0.5) is 5.69 Å². The fraction of sp³-hybridized carbons (Fsp3) is 0.375. The smallest absolute Gasteiger partial charge is 0.234 e. The van der Waals surface area contributed by atoms with Gasteiger partial charge in [0.1, 0.15) is 5.75 Å². The predicted molar refractivity (Wildman–Crippen MR) is 131 cm³/mol. The number of para-hydroxylation sites is 2. The van der Waals surface area contributed by atoms with Crippen LogP contribution in [0.1, 0.15) is 50.8 Å². The van der Waals surface area contributed by atoms with Crippen molar-refractivity contribution in [3.63, 3.8) is 0 Å². The van der Waals surface area contributed by atoms with Crippen LogP contribution in [0.15, 0.2) is 47.6 Å². The molecule has 1 amide bonds. The number of carbonyl (C=O) groups excluding carboxylic acids is 1. The standard InChI is InChI=1S/C24H29ClN4O2S/c1-5-17-11-10-12-18(6-2)22(17)26-21(30)15-32-24-28-27-23(29(24)7-3)16(4)31-20-14-9-8-13-19(20)25/h8-14,16H,5-7,15H2,1-4H3,(H,26,30). The summed E-state index contributed by atoms with van der Waals surface area (Å²) in [5, 5.41) is 13.0. The molecule has 8 heteroatoms. The van der Waals surface area contributed by atoms with E-state index in [0.29, 0.717) is 28.3 Å². The van der Waals surface area contributed by atoms with Crippen molar-refractivity contribution in [2.75, 3.05) is 11.1 Å². The molecule has 0 bridgehead atoms. The molecule has 1 N–H and O–H groups in total. The molecule has 6 nitrogen and oxygen atoms in total. The fourth-order valence-corrected chi connectivity index (χ4v) is 4.49. The van der Waals surface area contributed by atoms with E-state index < -0.39 is 0 Å². The number of hydrogen-bond acceptors (Lipinski definition) is 5. The van der Waals surface area contributed by atoms with Crippen molar-refractivity contribution >= 4 is 35.0 Å². The van der Waals surface area contributed by atoms with Crippen molar-refractivity contribution < 1.29 is 9.53 Å². The molecule has 0 aliphatic heterocycles. The second-order valence-electron chi connectivity index (χ2n) is 7.27. The maximum Gasteiger partial charge on any atom is 0.234 e. The summed E-state index contributed by atoms with van der Waals surface area (Å²) in [5.41, 5.74) is 3.22. The lowest BCUT2D eigenvalue weighted by Crippen LogP contribution is -2.17. The van der Waals surface area contributed by atoms with Crippen LogP contribution in [-0.4, -0.2) is 26.4 Å². The highest BCUT2D eigenvalue weighted by Crippen LogP contribution is 2.29. The molecule has 0 radical (unpaired) electrons. The van der Waals surface area contributed by atoms with Gasteiger partial charge in [-0.2, -0.15) is 0 Å². The van der Waals surface area contributed by atoms with Gasteiger partial charge < -0.3 is 14.6 Å². The molecule has 0 fully saturated rings. The van der Waals surface area contributed by atoms with Gasteiger partial charge in [0.15, 0.2) is 17.1 Å². The number of carbonyl (C=O) groups is 1. The first-order chi connectivity index (χ1) is 15.5. The molecule has 0 aliphatic rings. The molecule has 1 atom stereocenters. The quantitative estimate of drug-likeness (QED) is 0.369. The maximum absolute atomic E-state index is 12.7. The molecule has 0 saturated carbocycles. The number of nitrogens with zero attached hydrogens (tertiary/aromatic N) is 3. The molecule has 1 aromatic heterocycles. The lowest BCUT2D eigenvalue weighted by molar-refractivity contribution is -0.113. The summed E-state index contributed by atoms with van der Waals surface area (Å²) in [7, 11) is 0. The Hall–Kier alpha value is -2.51. The third-order valence-electron chi connectivity index (χ3n) is 5.16. The molecule has 0 spiro atoms. The topological polar surface area (TPSA) is 69.0 Å². The van der Waals surface area contributed by atoms with Crippen molar-refractivity contribution in [3.05, 3.63) is 64.4 Å². The van der Waals surface area contributed by atoms with Crippen molar-refractivity contribution in [2.24, 2.45) is 0 Å². The number of rotatable bonds is 10. The zero-order valence-corrected chi connectivity index (χ0v) is 20.5. The zero-order valence-electron chi connectivity index (χ0n) is 18.9. The molecule has 170 valence electrons. The van der Waals surface area contributed by atoms with E-state index in [0.717, 1.165) is 29.7 Å². The molecule has 32 heavy (non-hydrogen) atoms.